The lowest BCUT2D eigenvalue weighted by Crippen LogP contribution is -2.37. The van der Waals surface area contributed by atoms with E-state index in [0.717, 1.165) is 0 Å². The van der Waals surface area contributed by atoms with Gasteiger partial charge in [-0.25, -0.2) is 9.59 Å². The van der Waals surface area contributed by atoms with E-state index < -0.39 is 48.6 Å². The second kappa shape index (κ2) is 7.82. The number of hydrogen-bond donors (Lipinski definition) is 2. The molecule has 0 spiro atoms. The zero-order chi connectivity index (χ0) is 18.7. The fourth-order valence-electron chi connectivity index (χ4n) is 2.78. The van der Waals surface area contributed by atoms with Gasteiger partial charge in [-0.1, -0.05) is 30.4 Å². The third-order valence-electron chi connectivity index (χ3n) is 4.27. The topological polar surface area (TPSA) is 102 Å². The fraction of sp³-hybridized carbons (Fsp3) is 0.368. The molecule has 7 heteroatoms. The van der Waals surface area contributed by atoms with Gasteiger partial charge in [0.2, 0.25) is 0 Å². The van der Waals surface area contributed by atoms with Gasteiger partial charge in [0.05, 0.1) is 5.56 Å². The highest BCUT2D eigenvalue weighted by molar-refractivity contribution is 5.89. The van der Waals surface area contributed by atoms with Gasteiger partial charge in [-0.05, 0) is 25.1 Å². The molecule has 1 aromatic carbocycles. The molecule has 0 aliphatic carbocycles. The number of ether oxygens (including phenoxy) is 3. The van der Waals surface area contributed by atoms with Crippen molar-refractivity contribution in [2.24, 2.45) is 0 Å². The van der Waals surface area contributed by atoms with Crippen molar-refractivity contribution in [1.29, 1.82) is 0 Å². The molecule has 0 bridgehead atoms. The molecule has 1 fully saturated rings. The maximum Gasteiger partial charge on any atom is 0.338 e. The summed E-state index contributed by atoms with van der Waals surface area (Å²) in [4.78, 5) is 23.2. The van der Waals surface area contributed by atoms with Gasteiger partial charge in [0.25, 0.3) is 0 Å². The molecule has 138 valence electrons. The number of carbonyl (C=O) groups excluding carboxylic acids is 2. The quantitative estimate of drug-likeness (QED) is 0.590. The van der Waals surface area contributed by atoms with Crippen molar-refractivity contribution >= 4 is 11.9 Å². The van der Waals surface area contributed by atoms with E-state index in [0.29, 0.717) is 5.56 Å². The van der Waals surface area contributed by atoms with Gasteiger partial charge in [0, 0.05) is 6.08 Å². The molecule has 0 unspecified atom stereocenters. The summed E-state index contributed by atoms with van der Waals surface area (Å²) in [5.74, 6) is -1.06. The Morgan fingerprint density at radius 3 is 2.77 bits per heavy atom. The molecule has 1 aromatic rings. The first-order valence-electron chi connectivity index (χ1n) is 8.30. The number of aliphatic hydroxyl groups excluding tert-OH is 2. The summed E-state index contributed by atoms with van der Waals surface area (Å²) >= 11 is 0. The van der Waals surface area contributed by atoms with Gasteiger partial charge < -0.3 is 24.4 Å². The minimum atomic E-state index is -1.08. The molecular formula is C19H20O7. The lowest BCUT2D eigenvalue weighted by Gasteiger charge is -2.20. The van der Waals surface area contributed by atoms with Crippen LogP contribution in [0.5, 0.6) is 0 Å². The highest BCUT2D eigenvalue weighted by atomic mass is 16.6. The van der Waals surface area contributed by atoms with E-state index >= 15 is 0 Å². The van der Waals surface area contributed by atoms with Gasteiger partial charge in [0.15, 0.2) is 6.10 Å². The molecule has 2 aliphatic rings. The number of carbonyl (C=O) groups is 2. The molecule has 0 saturated carbocycles. The van der Waals surface area contributed by atoms with Crippen LogP contribution in [0.25, 0.3) is 0 Å². The Kier molecular flexibility index (Phi) is 5.51. The highest BCUT2D eigenvalue weighted by Crippen LogP contribution is 2.28. The first-order chi connectivity index (χ1) is 12.5. The molecule has 1 saturated heterocycles. The molecule has 7 nitrogen and oxygen atoms in total. The van der Waals surface area contributed by atoms with Crippen molar-refractivity contribution in [2.45, 2.75) is 43.5 Å². The lowest BCUT2D eigenvalue weighted by molar-refractivity contribution is -0.150. The predicted octanol–water partition coefficient (Wildman–Crippen LogP) is 0.759. The Balaban J connectivity index is 1.56. The van der Waals surface area contributed by atoms with Crippen molar-refractivity contribution in [3.63, 3.8) is 0 Å². The fourth-order valence-corrected chi connectivity index (χ4v) is 2.78. The third kappa shape index (κ3) is 4.01. The van der Waals surface area contributed by atoms with E-state index in [-0.39, 0.29) is 0 Å². The number of aliphatic hydroxyl groups is 2. The van der Waals surface area contributed by atoms with E-state index in [4.69, 9.17) is 14.2 Å². The summed E-state index contributed by atoms with van der Waals surface area (Å²) in [6.07, 6.45) is 0.690. The van der Waals surface area contributed by atoms with Crippen molar-refractivity contribution in [3.05, 3.63) is 60.2 Å². The number of benzene rings is 1. The predicted molar refractivity (Wildman–Crippen MR) is 90.2 cm³/mol. The Labute approximate surface area is 150 Å². The summed E-state index contributed by atoms with van der Waals surface area (Å²) in [7, 11) is 0. The van der Waals surface area contributed by atoms with Crippen molar-refractivity contribution in [1.82, 2.24) is 0 Å². The monoisotopic (exact) mass is 360 g/mol. The lowest BCUT2D eigenvalue weighted by atomic mass is 10.0. The van der Waals surface area contributed by atoms with Crippen molar-refractivity contribution in [3.8, 4) is 0 Å². The van der Waals surface area contributed by atoms with Crippen LogP contribution in [0.2, 0.25) is 0 Å². The van der Waals surface area contributed by atoms with Crippen LogP contribution in [0, 0.1) is 0 Å². The summed E-state index contributed by atoms with van der Waals surface area (Å²) in [6, 6.07) is 8.47. The average Bonchev–Trinajstić information content (AvgIpc) is 2.95. The van der Waals surface area contributed by atoms with E-state index in [1.165, 1.54) is 24.3 Å². The van der Waals surface area contributed by atoms with Gasteiger partial charge in [0.1, 0.15) is 30.5 Å². The molecule has 2 heterocycles. The molecule has 2 N–H and O–H groups in total. The standard InChI is InChI=1S/C19H20O7/c1-11(24-19(23)12-5-3-2-4-6-12)13(20)7-8-14-17(22)18-15(25-14)9-10-16(21)26-18/h2-11,13-15,17-18,20,22H,1H3/b8-7+/t11-,13+,14+,15-,17-,18+/m1/s1. The maximum atomic E-state index is 12.0. The number of rotatable bonds is 5. The van der Waals surface area contributed by atoms with E-state index in [9.17, 15) is 19.8 Å². The molecule has 0 radical (unpaired) electrons. The van der Waals surface area contributed by atoms with Crippen LogP contribution in [0.3, 0.4) is 0 Å². The second-order valence-corrected chi connectivity index (χ2v) is 6.17. The van der Waals surface area contributed by atoms with Gasteiger partial charge in [-0.2, -0.15) is 0 Å². The minimum Gasteiger partial charge on any atom is -0.456 e. The smallest absolute Gasteiger partial charge is 0.338 e. The zero-order valence-electron chi connectivity index (χ0n) is 14.1. The van der Waals surface area contributed by atoms with E-state index in [1.807, 2.05) is 0 Å². The molecular weight excluding hydrogens is 340 g/mol. The van der Waals surface area contributed by atoms with Crippen LogP contribution >= 0.6 is 0 Å². The first kappa shape index (κ1) is 18.3. The van der Waals surface area contributed by atoms with Crippen LogP contribution in [0.4, 0.5) is 0 Å². The first-order valence-corrected chi connectivity index (χ1v) is 8.30. The summed E-state index contributed by atoms with van der Waals surface area (Å²) in [6.45, 7) is 1.56. The number of hydrogen-bond acceptors (Lipinski definition) is 7. The van der Waals surface area contributed by atoms with Crippen LogP contribution in [0.15, 0.2) is 54.6 Å². The Hall–Kier alpha value is -2.48. The Morgan fingerprint density at radius 2 is 2.04 bits per heavy atom. The molecule has 0 aromatic heterocycles. The van der Waals surface area contributed by atoms with Gasteiger partial charge in [-0.15, -0.1) is 0 Å². The van der Waals surface area contributed by atoms with Crippen molar-refractivity contribution < 1.29 is 34.0 Å². The molecule has 0 amide bonds. The summed E-state index contributed by atoms with van der Waals surface area (Å²) < 4.78 is 15.9. The van der Waals surface area contributed by atoms with Gasteiger partial charge >= 0.3 is 11.9 Å². The number of esters is 2. The van der Waals surface area contributed by atoms with Crippen LogP contribution in [0.1, 0.15) is 17.3 Å². The van der Waals surface area contributed by atoms with Gasteiger partial charge in [-0.3, -0.25) is 0 Å². The molecule has 2 aliphatic heterocycles. The number of fused-ring (bicyclic) bond motifs is 1. The Bertz CT molecular complexity index is 712. The van der Waals surface area contributed by atoms with E-state index in [1.54, 1.807) is 37.3 Å². The summed E-state index contributed by atoms with van der Waals surface area (Å²) in [5.41, 5.74) is 0.391. The maximum absolute atomic E-state index is 12.0. The van der Waals surface area contributed by atoms with Crippen molar-refractivity contribution in [2.75, 3.05) is 0 Å². The van der Waals surface area contributed by atoms with Crippen LogP contribution in [-0.2, 0) is 19.0 Å². The normalized spacial score (nSPS) is 29.9. The second-order valence-electron chi connectivity index (χ2n) is 6.17. The zero-order valence-corrected chi connectivity index (χ0v) is 14.1. The van der Waals surface area contributed by atoms with E-state index in [2.05, 4.69) is 0 Å². The summed E-state index contributed by atoms with van der Waals surface area (Å²) in [5, 5.41) is 20.4. The average molecular weight is 360 g/mol. The largest absolute Gasteiger partial charge is 0.456 e. The highest BCUT2D eigenvalue weighted by Gasteiger charge is 2.45. The SMILES string of the molecule is C[C@@H](OC(=O)c1ccccc1)[C@@H](O)/C=C/[C@@H]1O[C@@H]2C=CC(=O)O[C@@H]2[C@@H]1O. The van der Waals surface area contributed by atoms with Crippen LogP contribution in [-0.4, -0.2) is 58.8 Å². The Morgan fingerprint density at radius 1 is 1.31 bits per heavy atom. The molecule has 26 heavy (non-hydrogen) atoms. The molecule has 6 atom stereocenters. The molecule has 3 rings (SSSR count). The third-order valence-corrected chi connectivity index (χ3v) is 4.27. The van der Waals surface area contributed by atoms with Crippen LogP contribution < -0.4 is 0 Å². The minimum absolute atomic E-state index is 0.391.